The predicted molar refractivity (Wildman–Crippen MR) is 91.7 cm³/mol. The first-order chi connectivity index (χ1) is 11.2. The summed E-state index contributed by atoms with van der Waals surface area (Å²) in [5.74, 6) is -0.0399. The first-order valence-electron chi connectivity index (χ1n) is 7.72. The summed E-state index contributed by atoms with van der Waals surface area (Å²) >= 11 is 0. The third-order valence-electron chi connectivity index (χ3n) is 3.67. The molecule has 1 amide bonds. The largest absolute Gasteiger partial charge is 0.326 e. The lowest BCUT2D eigenvalue weighted by Gasteiger charge is -2.05. The fraction of sp³-hybridized carbons (Fsp3) is 0.158. The Labute approximate surface area is 135 Å². The molecule has 4 heteroatoms. The van der Waals surface area contributed by atoms with Gasteiger partial charge in [0.15, 0.2) is 0 Å². The lowest BCUT2D eigenvalue weighted by atomic mass is 10.1. The number of benzene rings is 2. The Hall–Kier alpha value is -2.88. The highest BCUT2D eigenvalue weighted by Gasteiger charge is 2.07. The maximum atomic E-state index is 12.1. The van der Waals surface area contributed by atoms with Gasteiger partial charge in [-0.1, -0.05) is 37.3 Å². The summed E-state index contributed by atoms with van der Waals surface area (Å²) in [6, 6.07) is 17.8. The molecule has 0 aliphatic carbocycles. The van der Waals surface area contributed by atoms with Crippen LogP contribution in [0.5, 0.6) is 0 Å². The van der Waals surface area contributed by atoms with Gasteiger partial charge in [0.1, 0.15) is 0 Å². The van der Waals surface area contributed by atoms with Gasteiger partial charge in [-0.3, -0.25) is 4.79 Å². The summed E-state index contributed by atoms with van der Waals surface area (Å²) in [5.41, 5.74) is 3.95. The highest BCUT2D eigenvalue weighted by Crippen LogP contribution is 2.12. The molecule has 0 spiro atoms. The number of amides is 1. The molecular weight excluding hydrogens is 286 g/mol. The van der Waals surface area contributed by atoms with E-state index in [1.165, 1.54) is 5.56 Å². The molecule has 116 valence electrons. The zero-order valence-electron chi connectivity index (χ0n) is 13.1. The van der Waals surface area contributed by atoms with Gasteiger partial charge in [0, 0.05) is 11.9 Å². The van der Waals surface area contributed by atoms with Gasteiger partial charge in [0.25, 0.3) is 0 Å². The third-order valence-corrected chi connectivity index (χ3v) is 3.67. The summed E-state index contributed by atoms with van der Waals surface area (Å²) in [6.45, 7) is 2.11. The van der Waals surface area contributed by atoms with Gasteiger partial charge in [-0.2, -0.15) is 5.10 Å². The summed E-state index contributed by atoms with van der Waals surface area (Å²) in [6.07, 6.45) is 4.91. The van der Waals surface area contributed by atoms with Crippen molar-refractivity contribution in [1.82, 2.24) is 9.78 Å². The van der Waals surface area contributed by atoms with Crippen LogP contribution in [0.2, 0.25) is 0 Å². The molecule has 0 bridgehead atoms. The second kappa shape index (κ2) is 6.92. The van der Waals surface area contributed by atoms with E-state index in [1.807, 2.05) is 60.8 Å². The maximum Gasteiger partial charge on any atom is 0.228 e. The minimum Gasteiger partial charge on any atom is -0.326 e. The fourth-order valence-electron chi connectivity index (χ4n) is 2.39. The molecule has 3 aromatic rings. The van der Waals surface area contributed by atoms with E-state index in [9.17, 15) is 4.79 Å². The smallest absolute Gasteiger partial charge is 0.228 e. The number of carbonyl (C=O) groups is 1. The van der Waals surface area contributed by atoms with Gasteiger partial charge in [0.05, 0.1) is 18.3 Å². The molecule has 0 atom stereocenters. The van der Waals surface area contributed by atoms with Gasteiger partial charge in [-0.05, 0) is 41.8 Å². The van der Waals surface area contributed by atoms with Crippen LogP contribution in [0.1, 0.15) is 18.1 Å². The van der Waals surface area contributed by atoms with Gasteiger partial charge < -0.3 is 5.32 Å². The Morgan fingerprint density at radius 3 is 2.48 bits per heavy atom. The van der Waals surface area contributed by atoms with Crippen molar-refractivity contribution in [2.24, 2.45) is 0 Å². The third kappa shape index (κ3) is 3.86. The van der Waals surface area contributed by atoms with Crippen LogP contribution in [-0.4, -0.2) is 15.7 Å². The normalized spacial score (nSPS) is 10.5. The molecule has 0 radical (unpaired) electrons. The van der Waals surface area contributed by atoms with Gasteiger partial charge >= 0.3 is 0 Å². The molecule has 0 aliphatic rings. The fourth-order valence-corrected chi connectivity index (χ4v) is 2.39. The number of nitrogens with zero attached hydrogens (tertiary/aromatic N) is 2. The van der Waals surface area contributed by atoms with Crippen molar-refractivity contribution in [3.8, 4) is 5.69 Å². The number of anilines is 1. The molecular formula is C19H19N3O. The lowest BCUT2D eigenvalue weighted by Crippen LogP contribution is -2.14. The Bertz CT molecular complexity index is 776. The Morgan fingerprint density at radius 1 is 1.04 bits per heavy atom. The van der Waals surface area contributed by atoms with Crippen molar-refractivity contribution < 1.29 is 4.79 Å². The van der Waals surface area contributed by atoms with E-state index in [4.69, 9.17) is 0 Å². The van der Waals surface area contributed by atoms with Crippen molar-refractivity contribution in [2.45, 2.75) is 19.8 Å². The summed E-state index contributed by atoms with van der Waals surface area (Å²) < 4.78 is 1.78. The minimum absolute atomic E-state index is 0.0399. The first-order valence-corrected chi connectivity index (χ1v) is 7.72. The second-order valence-electron chi connectivity index (χ2n) is 5.40. The molecule has 23 heavy (non-hydrogen) atoms. The van der Waals surface area contributed by atoms with E-state index >= 15 is 0 Å². The van der Waals surface area contributed by atoms with Crippen LogP contribution < -0.4 is 5.32 Å². The maximum absolute atomic E-state index is 12.1. The van der Waals surface area contributed by atoms with Gasteiger partial charge in [-0.25, -0.2) is 4.68 Å². The van der Waals surface area contributed by atoms with Crippen molar-refractivity contribution in [3.63, 3.8) is 0 Å². The number of hydrogen-bond donors (Lipinski definition) is 1. The molecule has 1 N–H and O–H groups in total. The van der Waals surface area contributed by atoms with E-state index < -0.39 is 0 Å². The molecule has 4 nitrogen and oxygen atoms in total. The van der Waals surface area contributed by atoms with E-state index in [0.717, 1.165) is 23.4 Å². The standard InChI is InChI=1S/C19H19N3O/c1-2-15-8-10-17(11-9-15)21-19(23)12-16-13-20-22(14-16)18-6-4-3-5-7-18/h3-11,13-14H,2,12H2,1H3,(H,21,23). The zero-order valence-corrected chi connectivity index (χ0v) is 13.1. The van der Waals surface area contributed by atoms with Crippen molar-refractivity contribution in [1.29, 1.82) is 0 Å². The molecule has 1 heterocycles. The second-order valence-corrected chi connectivity index (χ2v) is 5.40. The molecule has 3 rings (SSSR count). The highest BCUT2D eigenvalue weighted by molar-refractivity contribution is 5.92. The van der Waals surface area contributed by atoms with Crippen LogP contribution in [-0.2, 0) is 17.6 Å². The van der Waals surface area contributed by atoms with Crippen LogP contribution in [0.15, 0.2) is 67.0 Å². The van der Waals surface area contributed by atoms with Crippen LogP contribution >= 0.6 is 0 Å². The average molecular weight is 305 g/mol. The number of para-hydroxylation sites is 1. The number of aryl methyl sites for hydroxylation is 1. The van der Waals surface area contributed by atoms with Crippen LogP contribution in [0.25, 0.3) is 5.69 Å². The molecule has 0 fully saturated rings. The van der Waals surface area contributed by atoms with Crippen molar-refractivity contribution in [3.05, 3.63) is 78.1 Å². The number of nitrogens with one attached hydrogen (secondary N) is 1. The zero-order chi connectivity index (χ0) is 16.1. The molecule has 2 aromatic carbocycles. The van der Waals surface area contributed by atoms with Crippen LogP contribution in [0.4, 0.5) is 5.69 Å². The Kier molecular flexibility index (Phi) is 4.52. The molecule has 0 unspecified atom stereocenters. The molecule has 0 saturated heterocycles. The SMILES string of the molecule is CCc1ccc(NC(=O)Cc2cnn(-c3ccccc3)c2)cc1. The van der Waals surface area contributed by atoms with Crippen LogP contribution in [0, 0.1) is 0 Å². The Morgan fingerprint density at radius 2 is 1.78 bits per heavy atom. The molecule has 1 aromatic heterocycles. The number of carbonyl (C=O) groups excluding carboxylic acids is 1. The van der Waals surface area contributed by atoms with Gasteiger partial charge in [-0.15, -0.1) is 0 Å². The highest BCUT2D eigenvalue weighted by atomic mass is 16.1. The number of aromatic nitrogens is 2. The van der Waals surface area contributed by atoms with Crippen LogP contribution in [0.3, 0.4) is 0 Å². The molecule has 0 aliphatic heterocycles. The van der Waals surface area contributed by atoms with E-state index in [2.05, 4.69) is 17.3 Å². The first kappa shape index (κ1) is 15.0. The number of rotatable bonds is 5. The average Bonchev–Trinajstić information content (AvgIpc) is 3.04. The topological polar surface area (TPSA) is 46.9 Å². The molecule has 0 saturated carbocycles. The van der Waals surface area contributed by atoms with Crippen molar-refractivity contribution in [2.75, 3.05) is 5.32 Å². The summed E-state index contributed by atoms with van der Waals surface area (Å²) in [4.78, 5) is 12.1. The quantitative estimate of drug-likeness (QED) is 0.782. The number of hydrogen-bond acceptors (Lipinski definition) is 2. The van der Waals surface area contributed by atoms with Crippen molar-refractivity contribution >= 4 is 11.6 Å². The monoisotopic (exact) mass is 305 g/mol. The lowest BCUT2D eigenvalue weighted by molar-refractivity contribution is -0.115. The van der Waals surface area contributed by atoms with E-state index in [1.54, 1.807) is 10.9 Å². The minimum atomic E-state index is -0.0399. The summed E-state index contributed by atoms with van der Waals surface area (Å²) in [7, 11) is 0. The predicted octanol–water partition coefficient (Wildman–Crippen LogP) is 3.62. The Balaban J connectivity index is 1.63. The van der Waals surface area contributed by atoms with E-state index in [-0.39, 0.29) is 5.91 Å². The van der Waals surface area contributed by atoms with Gasteiger partial charge in [0.2, 0.25) is 5.91 Å². The van der Waals surface area contributed by atoms with E-state index in [0.29, 0.717) is 6.42 Å². The summed E-state index contributed by atoms with van der Waals surface area (Å²) in [5, 5.41) is 7.22.